The monoisotopic (exact) mass is 416 g/mol. The lowest BCUT2D eigenvalue weighted by molar-refractivity contribution is -0.139. The van der Waals surface area contributed by atoms with Gasteiger partial charge in [-0.15, -0.1) is 0 Å². The van der Waals surface area contributed by atoms with Gasteiger partial charge in [0.2, 0.25) is 0 Å². The molecule has 0 aliphatic heterocycles. The molecule has 3 rings (SSSR count). The van der Waals surface area contributed by atoms with Crippen LogP contribution >= 0.6 is 0 Å². The molecule has 0 amide bonds. The van der Waals surface area contributed by atoms with Gasteiger partial charge in [0.25, 0.3) is 0 Å². The third-order valence-corrected chi connectivity index (χ3v) is 4.56. The Bertz CT molecular complexity index is 1210. The number of nitriles is 1. The van der Waals surface area contributed by atoms with Crippen LogP contribution < -0.4 is 4.74 Å². The molecule has 0 spiro atoms. The van der Waals surface area contributed by atoms with Crippen molar-refractivity contribution in [3.05, 3.63) is 70.9 Å². The Morgan fingerprint density at radius 3 is 2.52 bits per heavy atom. The van der Waals surface area contributed by atoms with E-state index in [-0.39, 0.29) is 23.4 Å². The summed E-state index contributed by atoms with van der Waals surface area (Å²) in [6.07, 6.45) is 1.61. The summed E-state index contributed by atoms with van der Waals surface area (Å²) in [7, 11) is 0. The summed E-state index contributed by atoms with van der Waals surface area (Å²) in [5, 5.41) is 19.3. The standard InChI is InChI=1S/C24H20N2O5/c1-3-30-24(29)22-15(2)19-6-4-5-7-20(19)26-23(22)17(13-25)12-16-8-10-18(11-9-16)31-14-21(27)28/h4-12H,3,14H2,1-2H3,(H,27,28). The third kappa shape index (κ3) is 4.87. The largest absolute Gasteiger partial charge is 0.482 e. The number of aliphatic carboxylic acids is 1. The van der Waals surface area contributed by atoms with Crippen molar-refractivity contribution < 1.29 is 24.2 Å². The van der Waals surface area contributed by atoms with Gasteiger partial charge in [0, 0.05) is 5.39 Å². The normalized spacial score (nSPS) is 11.1. The Morgan fingerprint density at radius 1 is 1.16 bits per heavy atom. The lowest BCUT2D eigenvalue weighted by atomic mass is 9.97. The Balaban J connectivity index is 2.09. The molecule has 0 fully saturated rings. The van der Waals surface area contributed by atoms with Crippen LogP contribution in [0, 0.1) is 18.3 Å². The number of pyridine rings is 1. The second-order valence-corrected chi connectivity index (χ2v) is 6.62. The predicted octanol–water partition coefficient (Wildman–Crippen LogP) is 4.25. The molecule has 0 aliphatic carbocycles. The number of rotatable bonds is 7. The second-order valence-electron chi connectivity index (χ2n) is 6.62. The first-order valence-electron chi connectivity index (χ1n) is 9.58. The fourth-order valence-corrected chi connectivity index (χ4v) is 3.15. The minimum Gasteiger partial charge on any atom is -0.482 e. The first kappa shape index (κ1) is 21.5. The first-order valence-corrected chi connectivity index (χ1v) is 9.58. The number of esters is 1. The molecule has 1 aromatic heterocycles. The van der Waals surface area contributed by atoms with Crippen molar-refractivity contribution in [1.82, 2.24) is 4.98 Å². The third-order valence-electron chi connectivity index (χ3n) is 4.56. The Morgan fingerprint density at radius 2 is 1.87 bits per heavy atom. The number of carboxylic acids is 1. The topological polar surface area (TPSA) is 110 Å². The zero-order valence-electron chi connectivity index (χ0n) is 17.1. The van der Waals surface area contributed by atoms with Gasteiger partial charge in [0.05, 0.1) is 29.0 Å². The molecular formula is C24H20N2O5. The molecule has 0 aliphatic rings. The van der Waals surface area contributed by atoms with E-state index in [9.17, 15) is 14.9 Å². The van der Waals surface area contributed by atoms with Crippen molar-refractivity contribution >= 4 is 34.5 Å². The Labute approximate surface area is 179 Å². The molecule has 7 heteroatoms. The fourth-order valence-electron chi connectivity index (χ4n) is 3.15. The SMILES string of the molecule is CCOC(=O)c1c(C(C#N)=Cc2ccc(OCC(=O)O)cc2)nc2ccccc2c1C. The van der Waals surface area contributed by atoms with E-state index in [2.05, 4.69) is 11.1 Å². The van der Waals surface area contributed by atoms with Crippen molar-refractivity contribution in [2.75, 3.05) is 13.2 Å². The second kappa shape index (κ2) is 9.55. The van der Waals surface area contributed by atoms with Crippen LogP contribution in [0.25, 0.3) is 22.6 Å². The molecule has 1 N–H and O–H groups in total. The minimum absolute atomic E-state index is 0.202. The molecule has 0 radical (unpaired) electrons. The van der Waals surface area contributed by atoms with Crippen molar-refractivity contribution in [3.63, 3.8) is 0 Å². The summed E-state index contributed by atoms with van der Waals surface area (Å²) in [6, 6.07) is 16.1. The molecule has 7 nitrogen and oxygen atoms in total. The average Bonchev–Trinajstić information content (AvgIpc) is 2.77. The number of aromatic nitrogens is 1. The van der Waals surface area contributed by atoms with Crippen LogP contribution in [0.4, 0.5) is 0 Å². The van der Waals surface area contributed by atoms with Gasteiger partial charge >= 0.3 is 11.9 Å². The summed E-state index contributed by atoms with van der Waals surface area (Å²) in [4.78, 5) is 27.9. The number of hydrogen-bond donors (Lipinski definition) is 1. The smallest absolute Gasteiger partial charge is 0.341 e. The maximum atomic E-state index is 12.7. The number of carbonyl (C=O) groups excluding carboxylic acids is 1. The molecule has 156 valence electrons. The summed E-state index contributed by atoms with van der Waals surface area (Å²) in [6.45, 7) is 3.29. The number of hydrogen-bond acceptors (Lipinski definition) is 6. The lowest BCUT2D eigenvalue weighted by Gasteiger charge is -2.13. The Hall–Kier alpha value is -4.18. The molecule has 0 unspecified atom stereocenters. The van der Waals surface area contributed by atoms with Gasteiger partial charge in [-0.1, -0.05) is 30.3 Å². The summed E-state index contributed by atoms with van der Waals surface area (Å²) < 4.78 is 10.3. The van der Waals surface area contributed by atoms with E-state index < -0.39 is 18.5 Å². The highest BCUT2D eigenvalue weighted by atomic mass is 16.5. The highest BCUT2D eigenvalue weighted by Crippen LogP contribution is 2.29. The van der Waals surface area contributed by atoms with E-state index in [1.807, 2.05) is 31.2 Å². The number of aryl methyl sites for hydroxylation is 1. The molecule has 0 saturated heterocycles. The number of allylic oxidation sites excluding steroid dienone is 1. The highest BCUT2D eigenvalue weighted by Gasteiger charge is 2.22. The number of carboxylic acid groups (broad SMARTS) is 1. The molecule has 3 aromatic rings. The van der Waals surface area contributed by atoms with Crippen LogP contribution in [-0.4, -0.2) is 35.2 Å². The van der Waals surface area contributed by atoms with E-state index in [0.29, 0.717) is 22.4 Å². The quantitative estimate of drug-likeness (QED) is 0.453. The van der Waals surface area contributed by atoms with Crippen LogP contribution in [0.15, 0.2) is 48.5 Å². The van der Waals surface area contributed by atoms with Crippen LogP contribution in [0.3, 0.4) is 0 Å². The average molecular weight is 416 g/mol. The maximum absolute atomic E-state index is 12.7. The van der Waals surface area contributed by atoms with Gasteiger partial charge in [-0.3, -0.25) is 0 Å². The van der Waals surface area contributed by atoms with Gasteiger partial charge in [0.1, 0.15) is 11.8 Å². The van der Waals surface area contributed by atoms with Crippen LogP contribution in [0.5, 0.6) is 5.75 Å². The zero-order chi connectivity index (χ0) is 22.4. The molecule has 0 bridgehead atoms. The van der Waals surface area contributed by atoms with Crippen LogP contribution in [0.2, 0.25) is 0 Å². The summed E-state index contributed by atoms with van der Waals surface area (Å²) in [5.74, 6) is -1.21. The van der Waals surface area contributed by atoms with Crippen LogP contribution in [-0.2, 0) is 9.53 Å². The maximum Gasteiger partial charge on any atom is 0.341 e. The highest BCUT2D eigenvalue weighted by molar-refractivity contribution is 6.05. The molecule has 1 heterocycles. The van der Waals surface area contributed by atoms with Gasteiger partial charge in [-0.25, -0.2) is 14.6 Å². The molecule has 2 aromatic carbocycles. The first-order chi connectivity index (χ1) is 14.9. The minimum atomic E-state index is -1.07. The fraction of sp³-hybridized carbons (Fsp3) is 0.167. The lowest BCUT2D eigenvalue weighted by Crippen LogP contribution is -2.12. The van der Waals surface area contributed by atoms with Crippen molar-refractivity contribution in [3.8, 4) is 11.8 Å². The number of ether oxygens (including phenoxy) is 2. The van der Waals surface area contributed by atoms with Gasteiger partial charge in [-0.2, -0.15) is 5.26 Å². The summed E-state index contributed by atoms with van der Waals surface area (Å²) >= 11 is 0. The number of fused-ring (bicyclic) bond motifs is 1. The van der Waals surface area contributed by atoms with E-state index in [4.69, 9.17) is 14.6 Å². The van der Waals surface area contributed by atoms with E-state index in [1.54, 1.807) is 37.3 Å². The molecular weight excluding hydrogens is 396 g/mol. The van der Waals surface area contributed by atoms with E-state index >= 15 is 0 Å². The van der Waals surface area contributed by atoms with E-state index in [1.165, 1.54) is 0 Å². The van der Waals surface area contributed by atoms with Gasteiger partial charge in [-0.05, 0) is 49.2 Å². The van der Waals surface area contributed by atoms with Gasteiger partial charge in [0.15, 0.2) is 6.61 Å². The van der Waals surface area contributed by atoms with Gasteiger partial charge < -0.3 is 14.6 Å². The number of nitrogens with zero attached hydrogens (tertiary/aromatic N) is 2. The summed E-state index contributed by atoms with van der Waals surface area (Å²) in [5.41, 5.74) is 2.75. The predicted molar refractivity (Wildman–Crippen MR) is 115 cm³/mol. The number of carbonyl (C=O) groups is 2. The molecule has 31 heavy (non-hydrogen) atoms. The van der Waals surface area contributed by atoms with Crippen LogP contribution in [0.1, 0.15) is 34.1 Å². The zero-order valence-corrected chi connectivity index (χ0v) is 17.1. The van der Waals surface area contributed by atoms with Crippen molar-refractivity contribution in [2.24, 2.45) is 0 Å². The number of para-hydroxylation sites is 1. The van der Waals surface area contributed by atoms with Crippen molar-refractivity contribution in [2.45, 2.75) is 13.8 Å². The van der Waals surface area contributed by atoms with E-state index in [0.717, 1.165) is 5.39 Å². The molecule has 0 saturated carbocycles. The molecule has 0 atom stereocenters. The van der Waals surface area contributed by atoms with Crippen molar-refractivity contribution in [1.29, 1.82) is 5.26 Å². The number of benzene rings is 2. The Kier molecular flexibility index (Phi) is 6.63.